The van der Waals surface area contributed by atoms with Crippen molar-refractivity contribution in [3.63, 3.8) is 0 Å². The zero-order valence-electron chi connectivity index (χ0n) is 18.8. The Morgan fingerprint density at radius 1 is 0.848 bits per heavy atom. The fourth-order valence-electron chi connectivity index (χ4n) is 4.62. The molecule has 2 aromatic carbocycles. The highest BCUT2D eigenvalue weighted by Gasteiger charge is 2.20. The van der Waals surface area contributed by atoms with Gasteiger partial charge in [-0.25, -0.2) is 0 Å². The fraction of sp³-hybridized carbons (Fsp3) is 0.370. The SMILES string of the molecule is O=C(NC1CCCCC1)c1ccc(CN(Cc2ccccc2)Cc2ccc3c(c2)OCO3)o1. The topological polar surface area (TPSA) is 63.9 Å². The summed E-state index contributed by atoms with van der Waals surface area (Å²) in [5, 5.41) is 3.13. The number of nitrogens with one attached hydrogen (secondary N) is 1. The Morgan fingerprint density at radius 2 is 1.64 bits per heavy atom. The van der Waals surface area contributed by atoms with Crippen molar-refractivity contribution in [1.29, 1.82) is 0 Å². The largest absolute Gasteiger partial charge is 0.455 e. The van der Waals surface area contributed by atoms with Crippen molar-refractivity contribution < 1.29 is 18.7 Å². The lowest BCUT2D eigenvalue weighted by Gasteiger charge is -2.22. The van der Waals surface area contributed by atoms with Crippen molar-refractivity contribution in [2.45, 2.75) is 57.8 Å². The van der Waals surface area contributed by atoms with Crippen molar-refractivity contribution in [3.05, 3.63) is 83.3 Å². The number of fused-ring (bicyclic) bond motifs is 1. The minimum Gasteiger partial charge on any atom is -0.455 e. The average molecular weight is 447 g/mol. The van der Waals surface area contributed by atoms with E-state index < -0.39 is 0 Å². The van der Waals surface area contributed by atoms with Gasteiger partial charge in [-0.05, 0) is 48.2 Å². The van der Waals surface area contributed by atoms with Crippen LogP contribution in [0.3, 0.4) is 0 Å². The molecule has 3 aromatic rings. The first-order valence-corrected chi connectivity index (χ1v) is 11.8. The van der Waals surface area contributed by atoms with Crippen LogP contribution in [0.5, 0.6) is 11.5 Å². The lowest BCUT2D eigenvalue weighted by atomic mass is 9.95. The highest BCUT2D eigenvalue weighted by molar-refractivity contribution is 5.91. The predicted octanol–water partition coefficient (Wildman–Crippen LogP) is 5.27. The van der Waals surface area contributed by atoms with Gasteiger partial charge in [0.05, 0.1) is 6.54 Å². The highest BCUT2D eigenvalue weighted by atomic mass is 16.7. The minimum atomic E-state index is -0.112. The van der Waals surface area contributed by atoms with Crippen molar-refractivity contribution in [2.24, 2.45) is 0 Å². The molecule has 1 aromatic heterocycles. The molecule has 0 saturated heterocycles. The molecule has 1 amide bonds. The number of benzene rings is 2. The van der Waals surface area contributed by atoms with Crippen LogP contribution in [0.1, 0.15) is 59.5 Å². The van der Waals surface area contributed by atoms with Crippen LogP contribution in [-0.4, -0.2) is 23.6 Å². The highest BCUT2D eigenvalue weighted by Crippen LogP contribution is 2.33. The summed E-state index contributed by atoms with van der Waals surface area (Å²) in [6.07, 6.45) is 5.74. The number of carbonyl (C=O) groups excluding carboxylic acids is 1. The summed E-state index contributed by atoms with van der Waals surface area (Å²) in [5.74, 6) is 2.62. The Balaban J connectivity index is 1.28. The molecule has 172 valence electrons. The van der Waals surface area contributed by atoms with E-state index in [2.05, 4.69) is 40.5 Å². The normalized spacial score (nSPS) is 15.7. The van der Waals surface area contributed by atoms with Crippen LogP contribution in [0.25, 0.3) is 0 Å². The molecular weight excluding hydrogens is 416 g/mol. The monoisotopic (exact) mass is 446 g/mol. The van der Waals surface area contributed by atoms with Crippen molar-refractivity contribution >= 4 is 5.91 Å². The Kier molecular flexibility index (Phi) is 6.63. The van der Waals surface area contributed by atoms with Gasteiger partial charge in [0, 0.05) is 19.1 Å². The molecule has 0 radical (unpaired) electrons. The standard InChI is InChI=1S/C27H30N2O4/c30-27(28-22-9-5-2-6-10-22)25-14-12-23(33-25)18-29(16-20-7-3-1-4-8-20)17-21-11-13-24-26(15-21)32-19-31-24/h1,3-4,7-8,11-15,22H,2,5-6,9-10,16-19H2,(H,28,30). The van der Waals surface area contributed by atoms with E-state index in [1.165, 1.54) is 24.8 Å². The molecular formula is C27H30N2O4. The molecule has 2 heterocycles. The molecule has 5 rings (SSSR count). The second kappa shape index (κ2) is 10.1. The van der Waals surface area contributed by atoms with Gasteiger partial charge in [-0.1, -0.05) is 55.7 Å². The Bertz CT molecular complexity index is 1070. The van der Waals surface area contributed by atoms with Gasteiger partial charge in [0.25, 0.3) is 5.91 Å². The molecule has 0 bridgehead atoms. The summed E-state index contributed by atoms with van der Waals surface area (Å²) in [4.78, 5) is 15.0. The maximum Gasteiger partial charge on any atom is 0.287 e. The van der Waals surface area contributed by atoms with Crippen LogP contribution < -0.4 is 14.8 Å². The Hall–Kier alpha value is -3.25. The van der Waals surface area contributed by atoms with E-state index in [0.717, 1.165) is 48.8 Å². The third-order valence-corrected chi connectivity index (χ3v) is 6.30. The first kappa shape index (κ1) is 21.6. The number of hydrogen-bond acceptors (Lipinski definition) is 5. The van der Waals surface area contributed by atoms with Crippen molar-refractivity contribution in [1.82, 2.24) is 10.2 Å². The van der Waals surface area contributed by atoms with E-state index in [1.54, 1.807) is 6.07 Å². The summed E-state index contributed by atoms with van der Waals surface area (Å²) in [6, 6.07) is 20.4. The minimum absolute atomic E-state index is 0.112. The van der Waals surface area contributed by atoms with Crippen molar-refractivity contribution in [2.75, 3.05) is 6.79 Å². The van der Waals surface area contributed by atoms with E-state index in [0.29, 0.717) is 12.3 Å². The van der Waals surface area contributed by atoms with E-state index in [-0.39, 0.29) is 18.7 Å². The quantitative estimate of drug-likeness (QED) is 0.510. The third-order valence-electron chi connectivity index (χ3n) is 6.30. The number of nitrogens with zero attached hydrogens (tertiary/aromatic N) is 1. The summed E-state index contributed by atoms with van der Waals surface area (Å²) in [6.45, 7) is 2.35. The van der Waals surface area contributed by atoms with Crippen LogP contribution in [0.4, 0.5) is 0 Å². The van der Waals surface area contributed by atoms with Crippen LogP contribution in [0, 0.1) is 0 Å². The molecule has 2 aliphatic rings. The number of carbonyl (C=O) groups is 1. The summed E-state index contributed by atoms with van der Waals surface area (Å²) in [5.41, 5.74) is 2.36. The maximum atomic E-state index is 12.7. The Labute approximate surface area is 194 Å². The summed E-state index contributed by atoms with van der Waals surface area (Å²) < 4.78 is 17.0. The molecule has 0 unspecified atom stereocenters. The molecule has 0 spiro atoms. The maximum absolute atomic E-state index is 12.7. The van der Waals surface area contributed by atoms with E-state index in [9.17, 15) is 4.79 Å². The first-order valence-electron chi connectivity index (χ1n) is 11.8. The van der Waals surface area contributed by atoms with Gasteiger partial charge in [-0.3, -0.25) is 9.69 Å². The molecule has 1 saturated carbocycles. The predicted molar refractivity (Wildman–Crippen MR) is 125 cm³/mol. The molecule has 33 heavy (non-hydrogen) atoms. The number of rotatable bonds is 8. The van der Waals surface area contributed by atoms with Crippen LogP contribution in [0.15, 0.2) is 65.1 Å². The van der Waals surface area contributed by atoms with Gasteiger partial charge in [0.15, 0.2) is 17.3 Å². The van der Waals surface area contributed by atoms with E-state index >= 15 is 0 Å². The molecule has 6 nitrogen and oxygen atoms in total. The van der Waals surface area contributed by atoms with Gasteiger partial charge in [0.1, 0.15) is 5.76 Å². The molecule has 6 heteroatoms. The lowest BCUT2D eigenvalue weighted by Crippen LogP contribution is -2.35. The number of ether oxygens (including phenoxy) is 2. The van der Waals surface area contributed by atoms with E-state index in [1.807, 2.05) is 24.3 Å². The fourth-order valence-corrected chi connectivity index (χ4v) is 4.62. The number of amides is 1. The first-order chi connectivity index (χ1) is 16.2. The van der Waals surface area contributed by atoms with Crippen LogP contribution >= 0.6 is 0 Å². The summed E-state index contributed by atoms with van der Waals surface area (Å²) >= 11 is 0. The third kappa shape index (κ3) is 5.57. The Morgan fingerprint density at radius 3 is 2.48 bits per heavy atom. The zero-order chi connectivity index (χ0) is 22.5. The molecule has 1 N–H and O–H groups in total. The van der Waals surface area contributed by atoms with Gasteiger partial charge in [-0.2, -0.15) is 0 Å². The van der Waals surface area contributed by atoms with Gasteiger partial charge >= 0.3 is 0 Å². The van der Waals surface area contributed by atoms with Gasteiger partial charge < -0.3 is 19.2 Å². The van der Waals surface area contributed by atoms with Crippen LogP contribution in [-0.2, 0) is 19.6 Å². The molecule has 1 fully saturated rings. The lowest BCUT2D eigenvalue weighted by molar-refractivity contribution is 0.0895. The van der Waals surface area contributed by atoms with Gasteiger partial charge in [0.2, 0.25) is 6.79 Å². The second-order valence-electron chi connectivity index (χ2n) is 8.89. The molecule has 1 aliphatic heterocycles. The number of hydrogen-bond donors (Lipinski definition) is 1. The number of furan rings is 1. The molecule has 1 aliphatic carbocycles. The smallest absolute Gasteiger partial charge is 0.287 e. The van der Waals surface area contributed by atoms with Gasteiger partial charge in [-0.15, -0.1) is 0 Å². The van der Waals surface area contributed by atoms with Crippen LogP contribution in [0.2, 0.25) is 0 Å². The van der Waals surface area contributed by atoms with Crippen molar-refractivity contribution in [3.8, 4) is 11.5 Å². The zero-order valence-corrected chi connectivity index (χ0v) is 18.8. The average Bonchev–Trinajstić information content (AvgIpc) is 3.50. The summed E-state index contributed by atoms with van der Waals surface area (Å²) in [7, 11) is 0. The second-order valence-corrected chi connectivity index (χ2v) is 8.89. The molecule has 0 atom stereocenters. The van der Waals surface area contributed by atoms with E-state index in [4.69, 9.17) is 13.9 Å².